The van der Waals surface area contributed by atoms with Gasteiger partial charge in [0.25, 0.3) is 0 Å². The molecule has 0 amide bonds. The van der Waals surface area contributed by atoms with Gasteiger partial charge >= 0.3 is 6.18 Å². The van der Waals surface area contributed by atoms with E-state index in [9.17, 15) is 18.3 Å². The first kappa shape index (κ1) is 19.9. The molecule has 0 saturated heterocycles. The monoisotopic (exact) mass is 438 g/mol. The molecule has 1 aromatic heterocycles. The lowest BCUT2D eigenvalue weighted by Crippen LogP contribution is -2.03. The van der Waals surface area contributed by atoms with E-state index in [0.717, 1.165) is 23.4 Å². The second-order valence-corrected chi connectivity index (χ2v) is 7.81. The van der Waals surface area contributed by atoms with Gasteiger partial charge in [0.15, 0.2) is 0 Å². The number of aliphatic imine (C=N–C) groups is 1. The number of aliphatic hydroxyl groups excluding tert-OH is 1. The maximum Gasteiger partial charge on any atom is 0.416 e. The third kappa shape index (κ3) is 4.44. The Morgan fingerprint density at radius 3 is 2.45 bits per heavy atom. The van der Waals surface area contributed by atoms with Crippen molar-refractivity contribution in [2.75, 3.05) is 6.54 Å². The van der Waals surface area contributed by atoms with Crippen LogP contribution in [0.3, 0.4) is 0 Å². The molecule has 4 nitrogen and oxygen atoms in total. The molecule has 0 unspecified atom stereocenters. The van der Waals surface area contributed by atoms with E-state index in [4.69, 9.17) is 16.3 Å². The zero-order chi connectivity index (χ0) is 20.6. The predicted octanol–water partition coefficient (Wildman–Crippen LogP) is 5.36. The maximum absolute atomic E-state index is 12.7. The first-order chi connectivity index (χ1) is 13.8. The van der Waals surface area contributed by atoms with E-state index in [-0.39, 0.29) is 13.2 Å². The smallest absolute Gasteiger partial charge is 0.416 e. The van der Waals surface area contributed by atoms with E-state index < -0.39 is 11.7 Å². The minimum absolute atomic E-state index is 0.158. The Kier molecular flexibility index (Phi) is 5.33. The van der Waals surface area contributed by atoms with Crippen LogP contribution in [-0.2, 0) is 19.4 Å². The summed E-state index contributed by atoms with van der Waals surface area (Å²) in [6, 6.07) is 10.1. The van der Waals surface area contributed by atoms with Crippen LogP contribution in [-0.4, -0.2) is 22.3 Å². The van der Waals surface area contributed by atoms with Crippen molar-refractivity contribution in [3.63, 3.8) is 0 Å². The molecule has 2 aromatic carbocycles. The average Bonchev–Trinajstić information content (AvgIpc) is 3.44. The number of aromatic nitrogens is 1. The summed E-state index contributed by atoms with van der Waals surface area (Å²) in [5.74, 6) is 0.563. The quantitative estimate of drug-likeness (QED) is 0.564. The number of hydrogen-bond acceptors (Lipinski definition) is 5. The summed E-state index contributed by atoms with van der Waals surface area (Å²) in [5, 5.41) is 10.6. The highest BCUT2D eigenvalue weighted by atomic mass is 35.5. The van der Waals surface area contributed by atoms with Gasteiger partial charge < -0.3 is 9.84 Å². The molecule has 1 aliphatic heterocycles. The number of aliphatic hydroxyl groups is 1. The van der Waals surface area contributed by atoms with Gasteiger partial charge in [-0.05, 0) is 30.3 Å². The molecule has 150 valence electrons. The highest BCUT2D eigenvalue weighted by Crippen LogP contribution is 2.34. The molecule has 0 bridgehead atoms. The van der Waals surface area contributed by atoms with Gasteiger partial charge in [-0.25, -0.2) is 4.98 Å². The van der Waals surface area contributed by atoms with E-state index in [1.165, 1.54) is 23.5 Å². The van der Waals surface area contributed by atoms with Gasteiger partial charge in [0, 0.05) is 11.1 Å². The van der Waals surface area contributed by atoms with Gasteiger partial charge in [-0.1, -0.05) is 23.7 Å². The van der Waals surface area contributed by atoms with E-state index in [1.54, 1.807) is 12.1 Å². The van der Waals surface area contributed by atoms with Crippen molar-refractivity contribution in [3.05, 3.63) is 69.2 Å². The summed E-state index contributed by atoms with van der Waals surface area (Å²) in [6.45, 7) is 0.563. The second kappa shape index (κ2) is 7.78. The third-order valence-electron chi connectivity index (χ3n) is 4.32. The van der Waals surface area contributed by atoms with Crippen LogP contribution in [0.15, 0.2) is 47.5 Å². The molecule has 29 heavy (non-hydrogen) atoms. The molecule has 9 heteroatoms. The van der Waals surface area contributed by atoms with E-state index in [2.05, 4.69) is 9.98 Å². The van der Waals surface area contributed by atoms with Gasteiger partial charge in [-0.2, -0.15) is 13.2 Å². The number of alkyl halides is 3. The van der Waals surface area contributed by atoms with Gasteiger partial charge in [-0.3, -0.25) is 4.99 Å². The van der Waals surface area contributed by atoms with Crippen molar-refractivity contribution in [1.82, 2.24) is 4.98 Å². The standard InChI is InChI=1S/C20H14ClF3N2O2S/c21-15-7-13(5-6-14(15)16-8-25-16)28-10-18-17(9-27)26-19(29-18)11-1-3-12(4-2-11)20(22,23)24/h1-7,27H,8-10H2. The molecule has 3 aromatic rings. The Morgan fingerprint density at radius 2 is 1.86 bits per heavy atom. The fourth-order valence-corrected chi connectivity index (χ4v) is 3.99. The zero-order valence-corrected chi connectivity index (χ0v) is 16.4. The van der Waals surface area contributed by atoms with Crippen molar-refractivity contribution in [3.8, 4) is 16.3 Å². The minimum Gasteiger partial charge on any atom is -0.488 e. The second-order valence-electron chi connectivity index (χ2n) is 6.32. The highest BCUT2D eigenvalue weighted by molar-refractivity contribution is 7.15. The molecule has 0 saturated carbocycles. The number of nitrogens with zero attached hydrogens (tertiary/aromatic N) is 2. The predicted molar refractivity (Wildman–Crippen MR) is 106 cm³/mol. The van der Waals surface area contributed by atoms with Crippen molar-refractivity contribution in [2.24, 2.45) is 4.99 Å². The minimum atomic E-state index is -4.39. The lowest BCUT2D eigenvalue weighted by Gasteiger charge is -2.07. The summed E-state index contributed by atoms with van der Waals surface area (Å²) in [7, 11) is 0. The highest BCUT2D eigenvalue weighted by Gasteiger charge is 2.30. The largest absolute Gasteiger partial charge is 0.488 e. The zero-order valence-electron chi connectivity index (χ0n) is 14.8. The number of thiazole rings is 1. The topological polar surface area (TPSA) is 54.7 Å². The summed E-state index contributed by atoms with van der Waals surface area (Å²) < 4.78 is 44.0. The molecule has 4 rings (SSSR count). The Bertz CT molecular complexity index is 1080. The third-order valence-corrected chi connectivity index (χ3v) is 5.76. The van der Waals surface area contributed by atoms with Crippen LogP contribution in [0, 0.1) is 0 Å². The number of benzene rings is 2. The maximum atomic E-state index is 12.7. The molecular weight excluding hydrogens is 425 g/mol. The lowest BCUT2D eigenvalue weighted by atomic mass is 10.1. The van der Waals surface area contributed by atoms with Crippen molar-refractivity contribution in [1.29, 1.82) is 0 Å². The molecule has 2 heterocycles. The van der Waals surface area contributed by atoms with Crippen LogP contribution in [0.2, 0.25) is 5.02 Å². The van der Waals surface area contributed by atoms with Crippen molar-refractivity contribution >= 4 is 28.6 Å². The van der Waals surface area contributed by atoms with Crippen LogP contribution in [0.5, 0.6) is 5.75 Å². The van der Waals surface area contributed by atoms with Crippen molar-refractivity contribution < 1.29 is 23.0 Å². The summed E-state index contributed by atoms with van der Waals surface area (Å²) in [6.07, 6.45) is -4.39. The number of rotatable bonds is 6. The van der Waals surface area contributed by atoms with Crippen LogP contribution < -0.4 is 4.74 Å². The van der Waals surface area contributed by atoms with Crippen LogP contribution in [0.1, 0.15) is 21.7 Å². The molecule has 0 radical (unpaired) electrons. The Hall–Kier alpha value is -2.42. The summed E-state index contributed by atoms with van der Waals surface area (Å²) in [4.78, 5) is 9.15. The van der Waals surface area contributed by atoms with Crippen molar-refractivity contribution in [2.45, 2.75) is 19.4 Å². The van der Waals surface area contributed by atoms with E-state index in [0.29, 0.717) is 38.5 Å². The molecular formula is C20H14ClF3N2O2S. The average molecular weight is 439 g/mol. The van der Waals surface area contributed by atoms with E-state index in [1.807, 2.05) is 6.07 Å². The first-order valence-corrected chi connectivity index (χ1v) is 9.77. The molecule has 0 spiro atoms. The fraction of sp³-hybridized carbons (Fsp3) is 0.200. The Morgan fingerprint density at radius 1 is 1.14 bits per heavy atom. The van der Waals surface area contributed by atoms with Crippen LogP contribution >= 0.6 is 22.9 Å². The van der Waals surface area contributed by atoms with Gasteiger partial charge in [0.1, 0.15) is 17.4 Å². The Balaban J connectivity index is 1.50. The molecule has 1 N–H and O–H groups in total. The molecule has 0 atom stereocenters. The van der Waals surface area contributed by atoms with Crippen LogP contribution in [0.25, 0.3) is 10.6 Å². The van der Waals surface area contributed by atoms with Gasteiger partial charge in [0.05, 0.1) is 40.0 Å². The number of halogens is 4. The number of hydrogen-bond donors (Lipinski definition) is 1. The summed E-state index contributed by atoms with van der Waals surface area (Å²) >= 11 is 7.51. The van der Waals surface area contributed by atoms with Gasteiger partial charge in [0.2, 0.25) is 0 Å². The molecule has 0 fully saturated rings. The van der Waals surface area contributed by atoms with E-state index >= 15 is 0 Å². The number of ether oxygens (including phenoxy) is 1. The fourth-order valence-electron chi connectivity index (χ4n) is 2.72. The molecule has 0 aliphatic carbocycles. The van der Waals surface area contributed by atoms with Crippen LogP contribution in [0.4, 0.5) is 13.2 Å². The Labute approximate surface area is 173 Å². The summed E-state index contributed by atoms with van der Waals surface area (Å²) in [5.41, 5.74) is 2.10. The molecule has 1 aliphatic rings. The lowest BCUT2D eigenvalue weighted by molar-refractivity contribution is -0.137. The normalized spacial score (nSPS) is 13.3. The first-order valence-electron chi connectivity index (χ1n) is 8.58. The van der Waals surface area contributed by atoms with Gasteiger partial charge in [-0.15, -0.1) is 11.3 Å². The SMILES string of the molecule is OCc1nc(-c2ccc(C(F)(F)F)cc2)sc1COc1ccc(C2=NC2)c(Cl)c1.